The van der Waals surface area contributed by atoms with Gasteiger partial charge in [0.25, 0.3) is 5.91 Å². The highest BCUT2D eigenvalue weighted by Crippen LogP contribution is 2.42. The number of fused-ring (bicyclic) bond motifs is 1. The summed E-state index contributed by atoms with van der Waals surface area (Å²) < 4.78 is 5.75. The van der Waals surface area contributed by atoms with Crippen LogP contribution in [-0.2, 0) is 25.5 Å². The minimum Gasteiger partial charge on any atom is -0.477 e. The Hall–Kier alpha value is -3.24. The first-order valence-electron chi connectivity index (χ1n) is 9.92. The molecule has 0 bridgehead atoms. The number of carboxylic acid groups (broad SMARTS) is 1. The highest BCUT2D eigenvalue weighted by Gasteiger charge is 2.55. The molecule has 2 amide bonds. The van der Waals surface area contributed by atoms with Crippen molar-refractivity contribution in [3.05, 3.63) is 75.9 Å². The monoisotopic (exact) mass is 469 g/mol. The van der Waals surface area contributed by atoms with E-state index >= 15 is 0 Å². The summed E-state index contributed by atoms with van der Waals surface area (Å²) in [4.78, 5) is 41.2. The van der Waals surface area contributed by atoms with E-state index < -0.39 is 23.3 Å². The number of thioether (sulfide) groups is 1. The van der Waals surface area contributed by atoms with Gasteiger partial charge in [0.15, 0.2) is 12.4 Å². The van der Waals surface area contributed by atoms with Gasteiger partial charge in [-0.05, 0) is 11.4 Å². The molecule has 5 rings (SSSR count). The molecular weight excluding hydrogens is 450 g/mol. The molecule has 2 atom stereocenters. The fourth-order valence-corrected chi connectivity index (χ4v) is 5.96. The quantitative estimate of drug-likeness (QED) is 0.626. The highest BCUT2D eigenvalue weighted by molar-refractivity contribution is 8.00. The van der Waals surface area contributed by atoms with Crippen molar-refractivity contribution in [2.75, 3.05) is 12.5 Å². The van der Waals surface area contributed by atoms with Gasteiger partial charge in [0, 0.05) is 16.2 Å². The molecule has 10 heteroatoms. The largest absolute Gasteiger partial charge is 0.477 e. The van der Waals surface area contributed by atoms with Crippen LogP contribution in [-0.4, -0.2) is 56.6 Å². The van der Waals surface area contributed by atoms with E-state index in [4.69, 9.17) is 4.74 Å². The molecule has 4 heterocycles. The molecule has 2 aromatic rings. The Morgan fingerprint density at radius 1 is 1.19 bits per heavy atom. The number of hydrogen-bond acceptors (Lipinski definition) is 7. The molecular formula is C22H19N3O5S2. The lowest BCUT2D eigenvalue weighted by atomic mass is 10.0. The van der Waals surface area contributed by atoms with Gasteiger partial charge in [0.1, 0.15) is 17.2 Å². The van der Waals surface area contributed by atoms with Gasteiger partial charge in [-0.25, -0.2) is 4.79 Å². The second-order valence-corrected chi connectivity index (χ2v) is 9.55. The summed E-state index contributed by atoms with van der Waals surface area (Å²) in [5.41, 5.74) is 1.33. The smallest absolute Gasteiger partial charge is 0.354 e. The van der Waals surface area contributed by atoms with E-state index in [1.165, 1.54) is 28.0 Å². The lowest BCUT2D eigenvalue weighted by molar-refractivity contribution is -0.150. The summed E-state index contributed by atoms with van der Waals surface area (Å²) in [7, 11) is 0. The van der Waals surface area contributed by atoms with Crippen molar-refractivity contribution < 1.29 is 24.2 Å². The molecule has 1 fully saturated rings. The zero-order valence-electron chi connectivity index (χ0n) is 16.8. The Balaban J connectivity index is 1.34. The number of aliphatic carboxylic acids is 1. The molecule has 0 spiro atoms. The summed E-state index contributed by atoms with van der Waals surface area (Å²) in [6.07, 6.45) is 1.96. The standard InChI is InChI=1S/C22H19N3O5S2/c26-17(9-14-7-4-8-31-14)23-18-20(27)25-19(22(28)29)15(11-32-21(18)25)24-10-16(30-12-24)13-5-2-1-3-6-13/h1-8,10,18,21H,9,11-12H2,(H,23,26)(H,28,29)/t18-,21-/m1/s1. The maximum atomic E-state index is 12.8. The third kappa shape index (κ3) is 3.65. The van der Waals surface area contributed by atoms with Gasteiger partial charge >= 0.3 is 5.97 Å². The van der Waals surface area contributed by atoms with Crippen molar-refractivity contribution in [3.63, 3.8) is 0 Å². The predicted octanol–water partition coefficient (Wildman–Crippen LogP) is 2.28. The van der Waals surface area contributed by atoms with Crippen molar-refractivity contribution in [2.24, 2.45) is 0 Å². The van der Waals surface area contributed by atoms with Crippen LogP contribution < -0.4 is 5.32 Å². The Morgan fingerprint density at radius 2 is 2.00 bits per heavy atom. The lowest BCUT2D eigenvalue weighted by Gasteiger charge is -2.49. The second-order valence-electron chi connectivity index (χ2n) is 7.41. The summed E-state index contributed by atoms with van der Waals surface area (Å²) in [6, 6.07) is 12.5. The summed E-state index contributed by atoms with van der Waals surface area (Å²) in [6.45, 7) is 0.171. The Bertz CT molecular complexity index is 1130. The average molecular weight is 470 g/mol. The highest BCUT2D eigenvalue weighted by atomic mass is 32.2. The molecule has 0 saturated carbocycles. The molecule has 1 aromatic heterocycles. The number of ether oxygens (including phenoxy) is 1. The number of hydrogen-bond donors (Lipinski definition) is 2. The predicted molar refractivity (Wildman–Crippen MR) is 120 cm³/mol. The lowest BCUT2D eigenvalue weighted by Crippen LogP contribution is -2.71. The Labute approximate surface area is 192 Å². The summed E-state index contributed by atoms with van der Waals surface area (Å²) >= 11 is 2.91. The van der Waals surface area contributed by atoms with Gasteiger partial charge in [-0.2, -0.15) is 0 Å². The number of benzene rings is 1. The molecule has 3 aliphatic rings. The van der Waals surface area contributed by atoms with Gasteiger partial charge in [-0.1, -0.05) is 36.4 Å². The molecule has 0 unspecified atom stereocenters. The Kier molecular flexibility index (Phi) is 5.40. The number of amides is 2. The summed E-state index contributed by atoms with van der Waals surface area (Å²) in [5, 5.41) is 14.1. The summed E-state index contributed by atoms with van der Waals surface area (Å²) in [5.74, 6) is -0.813. The van der Waals surface area contributed by atoms with Crippen molar-refractivity contribution in [1.29, 1.82) is 0 Å². The Morgan fingerprint density at radius 3 is 2.72 bits per heavy atom. The zero-order valence-corrected chi connectivity index (χ0v) is 18.4. The third-order valence-electron chi connectivity index (χ3n) is 5.42. The van der Waals surface area contributed by atoms with Crippen molar-refractivity contribution in [3.8, 4) is 0 Å². The van der Waals surface area contributed by atoms with Crippen LogP contribution in [0.1, 0.15) is 10.4 Å². The van der Waals surface area contributed by atoms with Crippen molar-refractivity contribution in [2.45, 2.75) is 17.8 Å². The third-order valence-corrected chi connectivity index (χ3v) is 7.56. The van der Waals surface area contributed by atoms with Crippen LogP contribution in [0, 0.1) is 0 Å². The van der Waals surface area contributed by atoms with Crippen LogP contribution in [0.4, 0.5) is 0 Å². The molecule has 8 nitrogen and oxygen atoms in total. The van der Waals surface area contributed by atoms with Crippen LogP contribution in [0.15, 0.2) is 65.4 Å². The molecule has 164 valence electrons. The molecule has 0 radical (unpaired) electrons. The first-order chi connectivity index (χ1) is 15.5. The molecule has 0 aliphatic carbocycles. The number of β-lactam (4-membered cyclic amide) rings is 1. The number of thiophene rings is 1. The van der Waals surface area contributed by atoms with Crippen LogP contribution in [0.2, 0.25) is 0 Å². The van der Waals surface area contributed by atoms with Crippen LogP contribution >= 0.6 is 23.1 Å². The fraction of sp³-hybridized carbons (Fsp3) is 0.227. The van der Waals surface area contributed by atoms with Gasteiger partial charge < -0.3 is 20.1 Å². The average Bonchev–Trinajstić information content (AvgIpc) is 3.49. The first-order valence-corrected chi connectivity index (χ1v) is 11.9. The van der Waals surface area contributed by atoms with Crippen LogP contribution in [0.25, 0.3) is 5.76 Å². The first kappa shape index (κ1) is 20.7. The van der Waals surface area contributed by atoms with Crippen LogP contribution in [0.5, 0.6) is 0 Å². The van der Waals surface area contributed by atoms with E-state index in [2.05, 4.69) is 5.32 Å². The zero-order chi connectivity index (χ0) is 22.2. The SMILES string of the molecule is O=C(Cc1cccs1)N[C@@H]1C(=O)N2C(C(=O)O)=C(N3C=C(c4ccccc4)OC3)CS[C@H]12. The molecule has 2 N–H and O–H groups in total. The molecule has 3 aliphatic heterocycles. The minimum absolute atomic E-state index is 0.0586. The number of nitrogens with one attached hydrogen (secondary N) is 1. The van der Waals surface area contributed by atoms with E-state index in [0.29, 0.717) is 17.2 Å². The maximum Gasteiger partial charge on any atom is 0.354 e. The molecule has 32 heavy (non-hydrogen) atoms. The van der Waals surface area contributed by atoms with E-state index in [1.807, 2.05) is 47.8 Å². The number of carbonyl (C=O) groups is 3. The second kappa shape index (κ2) is 8.36. The maximum absolute atomic E-state index is 12.8. The van der Waals surface area contributed by atoms with Gasteiger partial charge in [-0.3, -0.25) is 14.5 Å². The number of carbonyl (C=O) groups excluding carboxylic acids is 2. The van der Waals surface area contributed by atoms with Crippen LogP contribution in [0.3, 0.4) is 0 Å². The van der Waals surface area contributed by atoms with E-state index in [-0.39, 0.29) is 24.8 Å². The van der Waals surface area contributed by atoms with Crippen molar-refractivity contribution >= 4 is 46.6 Å². The van der Waals surface area contributed by atoms with E-state index in [9.17, 15) is 19.5 Å². The molecule has 1 aromatic carbocycles. The van der Waals surface area contributed by atoms with Gasteiger partial charge in [-0.15, -0.1) is 23.1 Å². The number of carboxylic acids is 1. The van der Waals surface area contributed by atoms with Crippen molar-refractivity contribution in [1.82, 2.24) is 15.1 Å². The van der Waals surface area contributed by atoms with Gasteiger partial charge in [0.2, 0.25) is 5.91 Å². The fourth-order valence-electron chi connectivity index (χ4n) is 3.89. The van der Waals surface area contributed by atoms with E-state index in [0.717, 1.165) is 10.4 Å². The normalized spacial score (nSPS) is 22.1. The molecule has 1 saturated heterocycles. The minimum atomic E-state index is -1.18. The number of rotatable bonds is 6. The van der Waals surface area contributed by atoms with Gasteiger partial charge in [0.05, 0.1) is 18.3 Å². The number of nitrogens with zero attached hydrogens (tertiary/aromatic N) is 2. The van der Waals surface area contributed by atoms with E-state index in [1.54, 1.807) is 11.1 Å². The topological polar surface area (TPSA) is 99.2 Å².